The molecule has 14 heavy (non-hydrogen) atoms. The Labute approximate surface area is 83.8 Å². The summed E-state index contributed by atoms with van der Waals surface area (Å²) in [6, 6.07) is 3.66. The smallest absolute Gasteiger partial charge is 0.244 e. The summed E-state index contributed by atoms with van der Waals surface area (Å²) < 4.78 is 5.39. The number of carbonyl (C=O) groups is 1. The fraction of sp³-hybridized carbons (Fsp3) is 0.364. The van der Waals surface area contributed by atoms with Gasteiger partial charge in [-0.05, 0) is 39.0 Å². The molecule has 0 aromatic carbocycles. The Balaban J connectivity index is 2.58. The molecule has 0 aliphatic carbocycles. The second kappa shape index (κ2) is 4.65. The van der Waals surface area contributed by atoms with Crippen molar-refractivity contribution in [3.63, 3.8) is 0 Å². The minimum atomic E-state index is -0.103. The molecule has 0 saturated heterocycles. The highest BCUT2D eigenvalue weighted by Crippen LogP contribution is 2.15. The molecule has 0 bridgehead atoms. The third-order valence-corrected chi connectivity index (χ3v) is 1.86. The number of nitrogens with one attached hydrogen (secondary N) is 1. The second-order valence-electron chi connectivity index (χ2n) is 3.18. The summed E-state index contributed by atoms with van der Waals surface area (Å²) in [6.45, 7) is 5.57. The number of carbonyl (C=O) groups excluding carboxylic acids is 1. The maximum Gasteiger partial charge on any atom is 0.244 e. The fourth-order valence-electron chi connectivity index (χ4n) is 1.17. The van der Waals surface area contributed by atoms with Gasteiger partial charge in [-0.1, -0.05) is 6.08 Å². The van der Waals surface area contributed by atoms with Crippen molar-refractivity contribution in [3.05, 3.63) is 35.8 Å². The van der Waals surface area contributed by atoms with Gasteiger partial charge in [0.2, 0.25) is 5.91 Å². The lowest BCUT2D eigenvalue weighted by molar-refractivity contribution is -0.117. The van der Waals surface area contributed by atoms with E-state index in [4.69, 9.17) is 4.42 Å². The molecule has 1 rings (SSSR count). The molecular formula is C11H15NO2. The largest absolute Gasteiger partial charge is 0.464 e. The van der Waals surface area contributed by atoms with Crippen molar-refractivity contribution < 1.29 is 9.21 Å². The van der Waals surface area contributed by atoms with E-state index in [-0.39, 0.29) is 11.9 Å². The molecule has 76 valence electrons. The van der Waals surface area contributed by atoms with E-state index in [0.29, 0.717) is 0 Å². The average molecular weight is 193 g/mol. The second-order valence-corrected chi connectivity index (χ2v) is 3.18. The number of hydrogen-bond donors (Lipinski definition) is 1. The predicted molar refractivity (Wildman–Crippen MR) is 54.8 cm³/mol. The van der Waals surface area contributed by atoms with Crippen molar-refractivity contribution in [2.24, 2.45) is 0 Å². The Morgan fingerprint density at radius 2 is 2.29 bits per heavy atom. The van der Waals surface area contributed by atoms with Crippen molar-refractivity contribution in [1.29, 1.82) is 0 Å². The van der Waals surface area contributed by atoms with Crippen LogP contribution in [-0.4, -0.2) is 5.91 Å². The van der Waals surface area contributed by atoms with Gasteiger partial charge in [-0.2, -0.15) is 0 Å². The van der Waals surface area contributed by atoms with Crippen LogP contribution in [0.25, 0.3) is 0 Å². The van der Waals surface area contributed by atoms with Gasteiger partial charge in [-0.25, -0.2) is 0 Å². The first kappa shape index (κ1) is 10.6. The van der Waals surface area contributed by atoms with Crippen LogP contribution in [0.5, 0.6) is 0 Å². The summed E-state index contributed by atoms with van der Waals surface area (Å²) >= 11 is 0. The number of amides is 1. The van der Waals surface area contributed by atoms with Crippen LogP contribution in [0.3, 0.4) is 0 Å². The minimum absolute atomic E-state index is 0.0904. The topological polar surface area (TPSA) is 42.2 Å². The van der Waals surface area contributed by atoms with Gasteiger partial charge in [-0.3, -0.25) is 4.79 Å². The van der Waals surface area contributed by atoms with Crippen LogP contribution in [0, 0.1) is 6.92 Å². The highest BCUT2D eigenvalue weighted by Gasteiger charge is 2.10. The molecule has 1 aromatic heterocycles. The van der Waals surface area contributed by atoms with Crippen molar-refractivity contribution in [2.45, 2.75) is 26.8 Å². The Kier molecular flexibility index (Phi) is 3.51. The van der Waals surface area contributed by atoms with Crippen LogP contribution in [0.15, 0.2) is 28.7 Å². The van der Waals surface area contributed by atoms with E-state index >= 15 is 0 Å². The summed E-state index contributed by atoms with van der Waals surface area (Å²) in [7, 11) is 0. The number of allylic oxidation sites excluding steroid dienone is 1. The third-order valence-electron chi connectivity index (χ3n) is 1.86. The van der Waals surface area contributed by atoms with Crippen LogP contribution < -0.4 is 5.32 Å². The van der Waals surface area contributed by atoms with E-state index in [1.165, 1.54) is 6.08 Å². The van der Waals surface area contributed by atoms with Gasteiger partial charge in [0.25, 0.3) is 0 Å². The molecule has 0 aliphatic heterocycles. The molecular weight excluding hydrogens is 178 g/mol. The van der Waals surface area contributed by atoms with Crippen molar-refractivity contribution in [2.75, 3.05) is 0 Å². The molecule has 3 nitrogen and oxygen atoms in total. The van der Waals surface area contributed by atoms with E-state index in [1.807, 2.05) is 26.0 Å². The van der Waals surface area contributed by atoms with E-state index < -0.39 is 0 Å². The molecule has 1 unspecified atom stereocenters. The maximum absolute atomic E-state index is 11.2. The Bertz CT molecular complexity index is 339. The van der Waals surface area contributed by atoms with Gasteiger partial charge >= 0.3 is 0 Å². The van der Waals surface area contributed by atoms with Crippen molar-refractivity contribution in [3.8, 4) is 0 Å². The molecule has 0 radical (unpaired) electrons. The molecule has 1 atom stereocenters. The van der Waals surface area contributed by atoms with Crippen LogP contribution in [-0.2, 0) is 4.79 Å². The van der Waals surface area contributed by atoms with E-state index in [9.17, 15) is 4.79 Å². The monoisotopic (exact) mass is 193 g/mol. The van der Waals surface area contributed by atoms with Gasteiger partial charge < -0.3 is 9.73 Å². The van der Waals surface area contributed by atoms with Crippen LogP contribution in [0.2, 0.25) is 0 Å². The molecule has 1 heterocycles. The highest BCUT2D eigenvalue weighted by molar-refractivity contribution is 5.87. The number of aryl methyl sites for hydroxylation is 1. The van der Waals surface area contributed by atoms with Gasteiger partial charge in [-0.15, -0.1) is 0 Å². The van der Waals surface area contributed by atoms with Crippen LogP contribution >= 0.6 is 0 Å². The third kappa shape index (κ3) is 2.76. The molecule has 0 spiro atoms. The van der Waals surface area contributed by atoms with Gasteiger partial charge in [0, 0.05) is 0 Å². The Morgan fingerprint density at radius 3 is 2.79 bits per heavy atom. The number of furan rings is 1. The van der Waals surface area contributed by atoms with Crippen LogP contribution in [0.1, 0.15) is 31.4 Å². The Morgan fingerprint density at radius 1 is 1.57 bits per heavy atom. The fourth-order valence-corrected chi connectivity index (χ4v) is 1.17. The number of rotatable bonds is 3. The Hall–Kier alpha value is -1.51. The standard InChI is InChI=1S/C11H15NO2/c1-4-5-11(13)12-9(3)10-7-6-8(2)14-10/h4-7,9H,1-3H3,(H,12,13). The summed E-state index contributed by atoms with van der Waals surface area (Å²) in [5, 5.41) is 2.79. The molecule has 0 saturated carbocycles. The quantitative estimate of drug-likeness (QED) is 0.749. The normalized spacial score (nSPS) is 13.1. The number of hydrogen-bond acceptors (Lipinski definition) is 2. The molecule has 3 heteroatoms. The first-order valence-corrected chi connectivity index (χ1v) is 4.63. The first-order chi connectivity index (χ1) is 6.63. The van der Waals surface area contributed by atoms with Gasteiger partial charge in [0.05, 0.1) is 6.04 Å². The van der Waals surface area contributed by atoms with E-state index in [1.54, 1.807) is 13.0 Å². The van der Waals surface area contributed by atoms with E-state index in [2.05, 4.69) is 5.32 Å². The first-order valence-electron chi connectivity index (χ1n) is 4.63. The zero-order valence-electron chi connectivity index (χ0n) is 8.70. The van der Waals surface area contributed by atoms with Gasteiger partial charge in [0.15, 0.2) is 0 Å². The molecule has 0 aliphatic rings. The van der Waals surface area contributed by atoms with Crippen molar-refractivity contribution in [1.82, 2.24) is 5.32 Å². The lowest BCUT2D eigenvalue weighted by atomic mass is 10.2. The minimum Gasteiger partial charge on any atom is -0.464 e. The predicted octanol–water partition coefficient (Wildman–Crippen LogP) is 2.34. The van der Waals surface area contributed by atoms with E-state index in [0.717, 1.165) is 11.5 Å². The summed E-state index contributed by atoms with van der Waals surface area (Å²) in [5.41, 5.74) is 0. The summed E-state index contributed by atoms with van der Waals surface area (Å²) in [5.74, 6) is 1.53. The summed E-state index contributed by atoms with van der Waals surface area (Å²) in [6.07, 6.45) is 3.20. The van der Waals surface area contributed by atoms with Gasteiger partial charge in [0.1, 0.15) is 11.5 Å². The average Bonchev–Trinajstić information content (AvgIpc) is 2.52. The molecule has 1 amide bonds. The molecule has 1 aromatic rings. The zero-order valence-corrected chi connectivity index (χ0v) is 8.70. The summed E-state index contributed by atoms with van der Waals surface area (Å²) in [4.78, 5) is 11.2. The van der Waals surface area contributed by atoms with Crippen LogP contribution in [0.4, 0.5) is 0 Å². The molecule has 0 fully saturated rings. The lowest BCUT2D eigenvalue weighted by Crippen LogP contribution is -2.24. The van der Waals surface area contributed by atoms with Crippen molar-refractivity contribution >= 4 is 5.91 Å². The maximum atomic E-state index is 11.2. The molecule has 1 N–H and O–H groups in total. The SMILES string of the molecule is CC=CC(=O)NC(C)c1ccc(C)o1. The zero-order chi connectivity index (χ0) is 10.6. The lowest BCUT2D eigenvalue weighted by Gasteiger charge is -2.08. The highest BCUT2D eigenvalue weighted by atomic mass is 16.3.